The third kappa shape index (κ3) is 5.90. The largest absolute Gasteiger partial charge is 0.369 e. The van der Waals surface area contributed by atoms with Gasteiger partial charge in [-0.2, -0.15) is 0 Å². The van der Waals surface area contributed by atoms with Gasteiger partial charge in [0, 0.05) is 53.8 Å². The number of amides is 2. The Hall–Kier alpha value is -4.56. The molecule has 0 aliphatic carbocycles. The van der Waals surface area contributed by atoms with Crippen molar-refractivity contribution in [3.05, 3.63) is 124 Å². The van der Waals surface area contributed by atoms with Gasteiger partial charge in [-0.05, 0) is 66.6 Å². The maximum Gasteiger partial charge on any atom is 0.255 e. The third-order valence-corrected chi connectivity index (χ3v) is 8.71. The standard InChI is InChI=1S/C34H32N4O3S/c1-42-31-12-6-5-10-27(31)36-34(41)25-15-16-30(28(19-25)35-32(39)17-14-23-8-3-2-4-9-23)37-20-24-18-26(22-37)29-11-7-13-33(40)38(29)21-24/h2-17,19,24,26H,18,20-22H2,1H3,(H,35,39)(H,36,41)/b17-14+/t24-,26+/m1/s1. The normalized spacial score (nSPS) is 17.5. The number of carbonyl (C=O) groups is 2. The number of hydrogen-bond donors (Lipinski definition) is 2. The van der Waals surface area contributed by atoms with Gasteiger partial charge in [0.2, 0.25) is 5.91 Å². The lowest BCUT2D eigenvalue weighted by Gasteiger charge is -2.44. The van der Waals surface area contributed by atoms with Gasteiger partial charge in [0.25, 0.3) is 11.5 Å². The van der Waals surface area contributed by atoms with E-state index in [4.69, 9.17) is 0 Å². The molecule has 4 aromatic rings. The van der Waals surface area contributed by atoms with Crippen LogP contribution in [0.5, 0.6) is 0 Å². The summed E-state index contributed by atoms with van der Waals surface area (Å²) >= 11 is 1.57. The number of anilines is 3. The minimum Gasteiger partial charge on any atom is -0.369 e. The average molecular weight is 577 g/mol. The molecule has 1 fully saturated rings. The van der Waals surface area contributed by atoms with Gasteiger partial charge in [-0.1, -0.05) is 48.5 Å². The van der Waals surface area contributed by atoms with Crippen LogP contribution in [0.4, 0.5) is 17.1 Å². The lowest BCUT2D eigenvalue weighted by atomic mass is 9.83. The molecule has 3 heterocycles. The van der Waals surface area contributed by atoms with Crippen molar-refractivity contribution in [3.63, 3.8) is 0 Å². The molecule has 1 aromatic heterocycles. The number of aromatic nitrogens is 1. The van der Waals surface area contributed by atoms with Gasteiger partial charge in [-0.3, -0.25) is 14.4 Å². The Morgan fingerprint density at radius 3 is 2.50 bits per heavy atom. The van der Waals surface area contributed by atoms with E-state index in [0.717, 1.165) is 47.0 Å². The highest BCUT2D eigenvalue weighted by molar-refractivity contribution is 7.98. The van der Waals surface area contributed by atoms with E-state index in [1.165, 1.54) is 6.08 Å². The zero-order chi connectivity index (χ0) is 29.1. The second-order valence-corrected chi connectivity index (χ2v) is 11.6. The van der Waals surface area contributed by atoms with Gasteiger partial charge in [0.15, 0.2) is 0 Å². The minimum atomic E-state index is -0.278. The van der Waals surface area contributed by atoms with Crippen LogP contribution in [0.3, 0.4) is 0 Å². The van der Waals surface area contributed by atoms with Crippen molar-refractivity contribution in [1.29, 1.82) is 0 Å². The fourth-order valence-electron chi connectivity index (χ4n) is 6.00. The molecule has 3 aromatic carbocycles. The van der Waals surface area contributed by atoms with Gasteiger partial charge in [-0.15, -0.1) is 11.8 Å². The molecule has 2 aliphatic heterocycles. The van der Waals surface area contributed by atoms with Crippen LogP contribution >= 0.6 is 11.8 Å². The zero-order valence-corrected chi connectivity index (χ0v) is 24.1. The fraction of sp³-hybridized carbons (Fsp3) is 0.206. The number of nitrogens with one attached hydrogen (secondary N) is 2. The van der Waals surface area contributed by atoms with E-state index in [9.17, 15) is 14.4 Å². The molecule has 0 unspecified atom stereocenters. The van der Waals surface area contributed by atoms with Gasteiger partial charge in [0.05, 0.1) is 17.1 Å². The molecule has 2 N–H and O–H groups in total. The number of carbonyl (C=O) groups excluding carboxylic acids is 2. The second kappa shape index (κ2) is 12.1. The summed E-state index contributed by atoms with van der Waals surface area (Å²) in [6, 6.07) is 28.3. The molecule has 8 heteroatoms. The molecule has 0 saturated carbocycles. The van der Waals surface area contributed by atoms with Gasteiger partial charge in [-0.25, -0.2) is 0 Å². The number of pyridine rings is 1. The molecule has 2 aliphatic rings. The highest BCUT2D eigenvalue weighted by Gasteiger charge is 2.35. The van der Waals surface area contributed by atoms with E-state index in [1.54, 1.807) is 30.0 Å². The van der Waals surface area contributed by atoms with Crippen LogP contribution in [0.1, 0.15) is 34.0 Å². The quantitative estimate of drug-likeness (QED) is 0.205. The zero-order valence-electron chi connectivity index (χ0n) is 23.3. The van der Waals surface area contributed by atoms with Crippen LogP contribution in [0, 0.1) is 5.92 Å². The van der Waals surface area contributed by atoms with Crippen LogP contribution in [0.15, 0.2) is 107 Å². The number of fused-ring (bicyclic) bond motifs is 4. The van der Waals surface area contributed by atoms with Crippen molar-refractivity contribution in [2.45, 2.75) is 23.8 Å². The smallest absolute Gasteiger partial charge is 0.255 e. The Morgan fingerprint density at radius 2 is 1.67 bits per heavy atom. The van der Waals surface area contributed by atoms with Crippen molar-refractivity contribution < 1.29 is 9.59 Å². The Balaban J connectivity index is 1.30. The van der Waals surface area contributed by atoms with Crippen molar-refractivity contribution in [1.82, 2.24) is 4.57 Å². The lowest BCUT2D eigenvalue weighted by Crippen LogP contribution is -2.47. The van der Waals surface area contributed by atoms with Crippen LogP contribution in [-0.4, -0.2) is 35.7 Å². The first-order valence-electron chi connectivity index (χ1n) is 14.1. The molecule has 0 radical (unpaired) electrons. The molecule has 2 atom stereocenters. The summed E-state index contributed by atoms with van der Waals surface area (Å²) < 4.78 is 1.91. The van der Waals surface area contributed by atoms with E-state index >= 15 is 0 Å². The Labute approximate surface area is 249 Å². The van der Waals surface area contributed by atoms with Crippen LogP contribution in [-0.2, 0) is 11.3 Å². The third-order valence-electron chi connectivity index (χ3n) is 7.92. The van der Waals surface area contributed by atoms with Crippen molar-refractivity contribution in [2.75, 3.05) is 34.9 Å². The summed E-state index contributed by atoms with van der Waals surface area (Å²) in [6.07, 6.45) is 6.27. The summed E-state index contributed by atoms with van der Waals surface area (Å²) in [7, 11) is 0. The number of hydrogen-bond acceptors (Lipinski definition) is 5. The van der Waals surface area contributed by atoms with Gasteiger partial charge < -0.3 is 20.1 Å². The minimum absolute atomic E-state index is 0.0483. The molecule has 212 valence electrons. The molecular formula is C34H32N4O3S. The molecular weight excluding hydrogens is 544 g/mol. The van der Waals surface area contributed by atoms with Gasteiger partial charge >= 0.3 is 0 Å². The molecule has 2 bridgehead atoms. The number of benzene rings is 3. The molecule has 2 amide bonds. The monoisotopic (exact) mass is 576 g/mol. The van der Waals surface area contributed by atoms with Crippen LogP contribution < -0.4 is 21.1 Å². The summed E-state index contributed by atoms with van der Waals surface area (Å²) in [5.41, 5.74) is 4.66. The summed E-state index contributed by atoms with van der Waals surface area (Å²) in [4.78, 5) is 42.2. The maximum atomic E-state index is 13.4. The first-order chi connectivity index (χ1) is 20.5. The average Bonchev–Trinajstić information content (AvgIpc) is 3.01. The number of rotatable bonds is 7. The van der Waals surface area contributed by atoms with E-state index in [1.807, 2.05) is 89.7 Å². The number of thioether (sulfide) groups is 1. The topological polar surface area (TPSA) is 83.4 Å². The second-order valence-electron chi connectivity index (χ2n) is 10.7. The van der Waals surface area contributed by atoms with Crippen molar-refractivity contribution in [2.24, 2.45) is 5.92 Å². The first-order valence-corrected chi connectivity index (χ1v) is 15.3. The van der Waals surface area contributed by atoms with Crippen molar-refractivity contribution in [3.8, 4) is 0 Å². The van der Waals surface area contributed by atoms with Crippen LogP contribution in [0.2, 0.25) is 0 Å². The van der Waals surface area contributed by atoms with Crippen molar-refractivity contribution >= 4 is 46.7 Å². The summed E-state index contributed by atoms with van der Waals surface area (Å²) in [5.74, 6) is -0.00969. The Kier molecular flexibility index (Phi) is 7.97. The molecule has 42 heavy (non-hydrogen) atoms. The SMILES string of the molecule is CSc1ccccc1NC(=O)c1ccc(N2C[C@H]3C[C@@H](C2)c2cccc(=O)n2C3)c(NC(=O)/C=C/c2ccccc2)c1. The first kappa shape index (κ1) is 27.6. The molecule has 1 saturated heterocycles. The molecule has 0 spiro atoms. The predicted octanol–water partition coefficient (Wildman–Crippen LogP) is 6.10. The van der Waals surface area contributed by atoms with E-state index in [-0.39, 0.29) is 23.3 Å². The van der Waals surface area contributed by atoms with Gasteiger partial charge in [0.1, 0.15) is 0 Å². The van der Waals surface area contributed by atoms with E-state index in [0.29, 0.717) is 23.7 Å². The number of para-hydroxylation sites is 1. The molecule has 6 rings (SSSR count). The van der Waals surface area contributed by atoms with E-state index in [2.05, 4.69) is 15.5 Å². The maximum absolute atomic E-state index is 13.4. The lowest BCUT2D eigenvalue weighted by molar-refractivity contribution is -0.111. The number of piperidine rings is 1. The van der Waals surface area contributed by atoms with Crippen LogP contribution in [0.25, 0.3) is 6.08 Å². The summed E-state index contributed by atoms with van der Waals surface area (Å²) in [5, 5.41) is 6.07. The fourth-order valence-corrected chi connectivity index (χ4v) is 6.55. The highest BCUT2D eigenvalue weighted by Crippen LogP contribution is 2.39. The molecule has 7 nitrogen and oxygen atoms in total. The Morgan fingerprint density at radius 1 is 0.857 bits per heavy atom. The highest BCUT2D eigenvalue weighted by atomic mass is 32.2. The summed E-state index contributed by atoms with van der Waals surface area (Å²) in [6.45, 7) is 2.15. The predicted molar refractivity (Wildman–Crippen MR) is 170 cm³/mol. The number of nitrogens with zero attached hydrogens (tertiary/aromatic N) is 2. The van der Waals surface area contributed by atoms with E-state index < -0.39 is 0 Å². The Bertz CT molecular complexity index is 1720.